The van der Waals surface area contributed by atoms with E-state index in [-0.39, 0.29) is 43.1 Å². The number of benzene rings is 3. The van der Waals surface area contributed by atoms with Gasteiger partial charge in [0.25, 0.3) is 0 Å². The molecule has 4 bridgehead atoms. The average Bonchev–Trinajstić information content (AvgIpc) is 3.62. The van der Waals surface area contributed by atoms with Crippen molar-refractivity contribution in [3.63, 3.8) is 0 Å². The summed E-state index contributed by atoms with van der Waals surface area (Å²) in [7, 11) is 0. The number of hydrogen-bond donors (Lipinski definition) is 0. The number of hydrogen-bond acceptors (Lipinski definition) is 0. The summed E-state index contributed by atoms with van der Waals surface area (Å²) in [5.41, 5.74) is 15.0. The van der Waals surface area contributed by atoms with E-state index in [0.29, 0.717) is 11.3 Å². The molecule has 6 aliphatic rings. The van der Waals surface area contributed by atoms with Gasteiger partial charge in [-0.25, -0.2) is 6.08 Å². The van der Waals surface area contributed by atoms with E-state index in [1.54, 1.807) is 12.0 Å². The fraction of sp³-hybridized carbons (Fsp3) is 0.510. The summed E-state index contributed by atoms with van der Waals surface area (Å²) >= 11 is 1.30. The van der Waals surface area contributed by atoms with Crippen LogP contribution in [0.25, 0.3) is 11.1 Å². The fourth-order valence-corrected chi connectivity index (χ4v) is 10.0. The molecule has 4 fully saturated rings. The third kappa shape index (κ3) is 9.82. The molecule has 9 rings (SSSR count). The largest absolute Gasteiger partial charge is 0.358 e. The van der Waals surface area contributed by atoms with Crippen LogP contribution in [-0.2, 0) is 41.5 Å². The van der Waals surface area contributed by atoms with Gasteiger partial charge in [0.15, 0.2) is 0 Å². The van der Waals surface area contributed by atoms with Crippen molar-refractivity contribution in [2.24, 2.45) is 35.0 Å². The van der Waals surface area contributed by atoms with Gasteiger partial charge in [0.05, 0.1) is 0 Å². The monoisotopic (exact) mass is 814 g/mol. The van der Waals surface area contributed by atoms with Gasteiger partial charge >= 0.3 is 28.4 Å². The van der Waals surface area contributed by atoms with Gasteiger partial charge in [-0.2, -0.15) is 65.2 Å². The summed E-state index contributed by atoms with van der Waals surface area (Å²) in [5.74, 6) is 4.68. The van der Waals surface area contributed by atoms with Crippen LogP contribution in [0.3, 0.4) is 0 Å². The molecular weight excluding hydrogens is 751 g/mol. The Balaban J connectivity index is 0.000000284. The molecule has 0 N–H and O–H groups in total. The van der Waals surface area contributed by atoms with Crippen molar-refractivity contribution in [2.45, 2.75) is 126 Å². The van der Waals surface area contributed by atoms with E-state index in [2.05, 4.69) is 129 Å². The van der Waals surface area contributed by atoms with Crippen LogP contribution in [-0.4, -0.2) is 4.21 Å². The van der Waals surface area contributed by atoms with Gasteiger partial charge in [-0.1, -0.05) is 104 Å². The Kier molecular flexibility index (Phi) is 16.5. The molecule has 0 nitrogen and oxygen atoms in total. The molecule has 1 atom stereocenters. The summed E-state index contributed by atoms with van der Waals surface area (Å²) in [6.45, 7) is 25.1. The summed E-state index contributed by atoms with van der Waals surface area (Å²) in [6, 6.07) is 21.8. The molecule has 6 aliphatic carbocycles. The molecule has 3 heteroatoms. The quantitative estimate of drug-likeness (QED) is 0.168. The van der Waals surface area contributed by atoms with Gasteiger partial charge in [-0.05, 0) is 91.2 Å². The van der Waals surface area contributed by atoms with E-state index in [4.69, 9.17) is 0 Å². The smallest absolute Gasteiger partial charge is 0.358 e. The van der Waals surface area contributed by atoms with Gasteiger partial charge in [0.1, 0.15) is 0 Å². The molecule has 4 saturated carbocycles. The Labute approximate surface area is 347 Å². The zero-order valence-electron chi connectivity index (χ0n) is 34.3. The second-order valence-corrected chi connectivity index (χ2v) is 18.1. The minimum Gasteiger partial charge on any atom is -0.358 e. The van der Waals surface area contributed by atoms with Crippen LogP contribution in [0.2, 0.25) is 0 Å². The topological polar surface area (TPSA) is 0 Å². The Morgan fingerprint density at radius 2 is 1.29 bits per heavy atom. The third-order valence-electron chi connectivity index (χ3n) is 12.4. The molecule has 284 valence electrons. The minimum absolute atomic E-state index is 0. The first-order valence-electron chi connectivity index (χ1n) is 18.8. The zero-order chi connectivity index (χ0) is 35.9. The molecule has 52 heavy (non-hydrogen) atoms. The summed E-state index contributed by atoms with van der Waals surface area (Å²) < 4.78 is 3.34. The number of rotatable bonds is 1. The Morgan fingerprint density at radius 3 is 1.73 bits per heavy atom. The van der Waals surface area contributed by atoms with Crippen LogP contribution >= 0.6 is 24.8 Å². The first-order chi connectivity index (χ1) is 23.0. The molecular formula is C49H66Cl2Zr-4. The predicted molar refractivity (Wildman–Crippen MR) is 229 cm³/mol. The number of allylic oxidation sites excluding steroid dienone is 4. The van der Waals surface area contributed by atoms with Crippen molar-refractivity contribution in [1.29, 1.82) is 0 Å². The molecule has 0 radical (unpaired) electrons. The first kappa shape index (κ1) is 46.6. The average molecular weight is 817 g/mol. The van der Waals surface area contributed by atoms with Gasteiger partial charge < -0.3 is 7.43 Å². The summed E-state index contributed by atoms with van der Waals surface area (Å²) in [6.07, 6.45) is 17.0. The first-order valence-corrected chi connectivity index (χ1v) is 20.6. The van der Waals surface area contributed by atoms with Gasteiger partial charge in [-0.15, -0.1) is 41.5 Å². The van der Waals surface area contributed by atoms with Crippen LogP contribution < -0.4 is 0 Å². The van der Waals surface area contributed by atoms with Crippen molar-refractivity contribution in [3.8, 4) is 11.1 Å². The summed E-state index contributed by atoms with van der Waals surface area (Å²) in [4.78, 5) is 0. The van der Waals surface area contributed by atoms with Crippen LogP contribution in [0, 0.1) is 81.4 Å². The van der Waals surface area contributed by atoms with E-state index in [1.807, 2.05) is 24.3 Å². The van der Waals surface area contributed by atoms with Gasteiger partial charge in [0.2, 0.25) is 0 Å². The Bertz CT molecular complexity index is 1600. The maximum Gasteiger partial charge on any atom is -0.358 e. The predicted octanol–water partition coefficient (Wildman–Crippen LogP) is 13.7. The third-order valence-corrected chi connectivity index (χ3v) is 12.4. The van der Waals surface area contributed by atoms with Crippen LogP contribution in [0.5, 0.6) is 0 Å². The maximum absolute atomic E-state index is 3.69. The molecule has 3 aromatic carbocycles. The molecule has 0 spiro atoms. The molecule has 0 aromatic heterocycles. The normalized spacial score (nSPS) is 25.5. The molecule has 1 unspecified atom stereocenters. The van der Waals surface area contributed by atoms with Gasteiger partial charge in [0, 0.05) is 0 Å². The van der Waals surface area contributed by atoms with E-state index in [0.717, 1.165) is 30.1 Å². The van der Waals surface area contributed by atoms with Crippen molar-refractivity contribution in [1.82, 2.24) is 0 Å². The number of aryl methyl sites for hydroxylation is 3. The van der Waals surface area contributed by atoms with Gasteiger partial charge in [-0.3, -0.25) is 6.08 Å². The number of fused-ring (bicyclic) bond motifs is 3. The number of halogens is 2. The van der Waals surface area contributed by atoms with Crippen molar-refractivity contribution >= 4 is 29.0 Å². The van der Waals surface area contributed by atoms with Crippen LogP contribution in [0.15, 0.2) is 60.2 Å². The fourth-order valence-electron chi connectivity index (χ4n) is 10.0. The van der Waals surface area contributed by atoms with Crippen molar-refractivity contribution in [3.05, 3.63) is 125 Å². The van der Waals surface area contributed by atoms with E-state index in [1.165, 1.54) is 100.0 Å². The molecule has 0 amide bonds. The Morgan fingerprint density at radius 1 is 0.769 bits per heavy atom. The SMILES string of the molecule is CC1[C-]=CC(C2(C)C3CC4CC(C3)CC2C4)=C1.Cc1[c-]c2c(cc1C(C)(C)C)-c1cc(C(C)(C)C)c(C)cc1C2.Cc1cc[c-]cc1.Cl.Cl.[CH2]=[Zr].[CH3-]. The summed E-state index contributed by atoms with van der Waals surface area (Å²) in [5, 5.41) is 0. The van der Waals surface area contributed by atoms with Crippen LogP contribution in [0.4, 0.5) is 0 Å². The molecule has 0 aliphatic heterocycles. The van der Waals surface area contributed by atoms with Crippen molar-refractivity contribution < 1.29 is 24.2 Å². The standard InChI is InChI=1S/C23H29.C17H23.C7H7.CH3.CH2.2ClH.Zr/c1-14-9-16-11-17-10-15(2)21(23(6,7)8)13-19(17)18(16)12-20(14)22(3,4)5;1-11-3-4-14(5-11)17(2)15-7-12-6-13(9-15)10-16(17)8-12;1-7-5-3-2-4-6-7;;;;;/h9,12-13H,11H2,1-8H3;4-5,11-13,15-16H,6-10H2,1-2H3;3-6H,1H3;1H3;1H2;2*1H;/q4*-1;;;;. The molecule has 0 heterocycles. The second-order valence-electron chi connectivity index (χ2n) is 18.1. The Hall–Kier alpha value is -1.53. The van der Waals surface area contributed by atoms with Crippen LogP contribution in [0.1, 0.15) is 126 Å². The van der Waals surface area contributed by atoms with E-state index >= 15 is 0 Å². The second kappa shape index (κ2) is 18.4. The maximum atomic E-state index is 3.69. The molecule has 0 saturated heterocycles. The van der Waals surface area contributed by atoms with E-state index < -0.39 is 0 Å². The zero-order valence-corrected chi connectivity index (χ0v) is 38.4. The van der Waals surface area contributed by atoms with E-state index in [9.17, 15) is 0 Å². The minimum atomic E-state index is 0. The molecule has 3 aromatic rings. The van der Waals surface area contributed by atoms with Crippen molar-refractivity contribution in [2.75, 3.05) is 0 Å².